The lowest BCUT2D eigenvalue weighted by Gasteiger charge is -2.60. The maximum Gasteiger partial charge on any atom is 0.244 e. The quantitative estimate of drug-likeness (QED) is 0.248. The molecular formula is C38H55BrN2O. The molecule has 0 saturated heterocycles. The molecule has 5 saturated carbocycles. The molecule has 10 atom stereocenters. The second-order valence-electron chi connectivity index (χ2n) is 16.4. The molecule has 3 nitrogen and oxygen atoms in total. The van der Waals surface area contributed by atoms with Gasteiger partial charge < -0.3 is 17.0 Å². The van der Waals surface area contributed by atoms with Gasteiger partial charge in [0, 0.05) is 11.0 Å². The van der Waals surface area contributed by atoms with Crippen LogP contribution in [0.3, 0.4) is 0 Å². The van der Waals surface area contributed by atoms with Crippen molar-refractivity contribution >= 4 is 5.78 Å². The summed E-state index contributed by atoms with van der Waals surface area (Å²) in [6, 6.07) is 10.4. The molecule has 4 heteroatoms. The number of carbonyl (C=O) groups excluding carboxylic acids is 1. The minimum absolute atomic E-state index is 0. The highest BCUT2D eigenvalue weighted by Crippen LogP contribution is 2.84. The Hall–Kier alpha value is -1.42. The Bertz CT molecular complexity index is 1270. The molecule has 5 aliphatic carbocycles. The van der Waals surface area contributed by atoms with Gasteiger partial charge in [0.05, 0.1) is 0 Å². The number of aromatic nitrogens is 2. The van der Waals surface area contributed by atoms with Crippen LogP contribution in [0, 0.1) is 57.7 Å². The molecule has 0 N–H and O–H groups in total. The zero-order valence-corrected chi connectivity index (χ0v) is 28.5. The van der Waals surface area contributed by atoms with Gasteiger partial charge in [-0.1, -0.05) is 84.2 Å². The van der Waals surface area contributed by atoms with Gasteiger partial charge in [-0.3, -0.25) is 4.79 Å². The number of benzene rings is 1. The smallest absolute Gasteiger partial charge is 0.244 e. The summed E-state index contributed by atoms with van der Waals surface area (Å²) in [5.74, 6) is 6.42. The van der Waals surface area contributed by atoms with Crippen LogP contribution >= 0.6 is 0 Å². The number of Topliss-reactive ketones (excluding diaryl/α,β-unsaturated/α-hetero) is 1. The lowest BCUT2D eigenvalue weighted by molar-refractivity contribution is -0.682. The molecule has 0 radical (unpaired) electrons. The Balaban J connectivity index is 0.00000316. The number of rotatable bonds is 9. The average molecular weight is 636 g/mol. The highest BCUT2D eigenvalue weighted by atomic mass is 79.9. The summed E-state index contributed by atoms with van der Waals surface area (Å²) in [7, 11) is 0. The van der Waals surface area contributed by atoms with Crippen LogP contribution in [0.4, 0.5) is 0 Å². The predicted molar refractivity (Wildman–Crippen MR) is 165 cm³/mol. The van der Waals surface area contributed by atoms with Crippen LogP contribution in [-0.4, -0.2) is 10.4 Å². The van der Waals surface area contributed by atoms with Gasteiger partial charge >= 0.3 is 0 Å². The number of hydrogen-bond acceptors (Lipinski definition) is 1. The minimum atomic E-state index is 0. The molecule has 0 aliphatic heterocycles. The molecule has 230 valence electrons. The molecule has 0 unspecified atom stereocenters. The van der Waals surface area contributed by atoms with E-state index in [1.54, 1.807) is 0 Å². The van der Waals surface area contributed by atoms with Crippen LogP contribution < -0.4 is 21.5 Å². The third-order valence-corrected chi connectivity index (χ3v) is 14.3. The average Bonchev–Trinajstić information content (AvgIpc) is 3.19. The Labute approximate surface area is 266 Å². The molecule has 2 aromatic rings. The number of halogens is 1. The van der Waals surface area contributed by atoms with Crippen molar-refractivity contribution in [3.63, 3.8) is 0 Å². The van der Waals surface area contributed by atoms with Crippen LogP contribution in [-0.2, 0) is 6.54 Å². The fraction of sp³-hybridized carbons (Fsp3) is 0.737. The maximum absolute atomic E-state index is 13.0. The number of hydrogen-bond donors (Lipinski definition) is 0. The minimum Gasteiger partial charge on any atom is -1.00 e. The summed E-state index contributed by atoms with van der Waals surface area (Å²) in [6.45, 7) is 13.3. The van der Waals surface area contributed by atoms with Crippen molar-refractivity contribution in [2.24, 2.45) is 57.7 Å². The standard InChI is InChI=1S/C38H55N2O.BrH/c1-26(2)10-9-11-27(3)31-14-15-32-30-22-35(40-21-20-39(25-40)24-34(41)28-12-7-6-8-13-28)38-23-29(38)16-19-37(38,5)33(30)17-18-36(31,32)4;/h6-8,12-13,20-21,25-27,29-33,35H,9-11,14-19,22-24H2,1-5H3;1H/q+1;/p-1/t27-,29-,30+,31-,32+,33+,35+,36-,37-,38+;/m1./s1. The molecule has 1 spiro atoms. The van der Waals surface area contributed by atoms with Gasteiger partial charge in [-0.15, -0.1) is 0 Å². The number of nitrogens with zero attached hydrogens (tertiary/aromatic N) is 2. The lowest BCUT2D eigenvalue weighted by atomic mass is 9.44. The van der Waals surface area contributed by atoms with Crippen molar-refractivity contribution in [2.45, 2.75) is 118 Å². The van der Waals surface area contributed by atoms with Gasteiger partial charge in [-0.05, 0) is 104 Å². The van der Waals surface area contributed by atoms with Crippen LogP contribution in [0.25, 0.3) is 0 Å². The highest BCUT2D eigenvalue weighted by molar-refractivity contribution is 5.94. The van der Waals surface area contributed by atoms with Crippen molar-refractivity contribution in [2.75, 3.05) is 0 Å². The molecule has 5 fully saturated rings. The van der Waals surface area contributed by atoms with Gasteiger partial charge in [0.15, 0.2) is 6.54 Å². The van der Waals surface area contributed by atoms with Crippen molar-refractivity contribution in [1.82, 2.24) is 4.57 Å². The Morgan fingerprint density at radius 2 is 1.79 bits per heavy atom. The van der Waals surface area contributed by atoms with Crippen molar-refractivity contribution in [3.05, 3.63) is 54.6 Å². The summed E-state index contributed by atoms with van der Waals surface area (Å²) in [6.07, 6.45) is 22.6. The monoisotopic (exact) mass is 634 g/mol. The van der Waals surface area contributed by atoms with Crippen molar-refractivity contribution < 1.29 is 26.3 Å². The predicted octanol–water partition coefficient (Wildman–Crippen LogP) is 5.93. The van der Waals surface area contributed by atoms with Crippen LogP contribution in [0.1, 0.15) is 122 Å². The van der Waals surface area contributed by atoms with E-state index in [9.17, 15) is 4.79 Å². The first-order chi connectivity index (χ1) is 19.7. The molecule has 1 aromatic carbocycles. The SMILES string of the molecule is CC(C)CCC[C@@H](C)[C@H]1CC[C@H]2[C@@H]3C[C@H](n4cc[n+](CC(=O)c5ccccc5)c4)[C@]45C[C@H]4CC[C@]5(C)[C@H]3CC[C@]12C.[Br-]. The molecule has 0 bridgehead atoms. The topological polar surface area (TPSA) is 25.9 Å². The molecule has 1 aromatic heterocycles. The van der Waals surface area contributed by atoms with Gasteiger partial charge in [-0.25, -0.2) is 9.13 Å². The van der Waals surface area contributed by atoms with Gasteiger partial charge in [0.2, 0.25) is 12.1 Å². The number of imidazole rings is 1. The maximum atomic E-state index is 13.0. The van der Waals surface area contributed by atoms with E-state index in [-0.39, 0.29) is 22.8 Å². The van der Waals surface area contributed by atoms with E-state index in [1.807, 2.05) is 30.3 Å². The summed E-state index contributed by atoms with van der Waals surface area (Å²) < 4.78 is 4.74. The molecule has 0 amide bonds. The van der Waals surface area contributed by atoms with E-state index in [0.29, 0.717) is 28.8 Å². The van der Waals surface area contributed by atoms with Gasteiger partial charge in [0.1, 0.15) is 18.4 Å². The fourth-order valence-electron chi connectivity index (χ4n) is 12.3. The summed E-state index contributed by atoms with van der Waals surface area (Å²) in [5.41, 5.74) is 2.32. The summed E-state index contributed by atoms with van der Waals surface area (Å²) in [5, 5.41) is 0. The third-order valence-electron chi connectivity index (χ3n) is 14.3. The number of carbonyl (C=O) groups is 1. The zero-order chi connectivity index (χ0) is 28.6. The molecule has 1 heterocycles. The second-order valence-corrected chi connectivity index (χ2v) is 16.4. The van der Waals surface area contributed by atoms with E-state index >= 15 is 0 Å². The summed E-state index contributed by atoms with van der Waals surface area (Å²) >= 11 is 0. The van der Waals surface area contributed by atoms with Crippen LogP contribution in [0.15, 0.2) is 49.1 Å². The summed E-state index contributed by atoms with van der Waals surface area (Å²) in [4.78, 5) is 13.0. The first-order valence-electron chi connectivity index (χ1n) is 17.3. The van der Waals surface area contributed by atoms with Crippen LogP contribution in [0.2, 0.25) is 0 Å². The molecule has 42 heavy (non-hydrogen) atoms. The van der Waals surface area contributed by atoms with Gasteiger partial charge in [0.25, 0.3) is 0 Å². The van der Waals surface area contributed by atoms with Crippen molar-refractivity contribution in [3.8, 4) is 0 Å². The van der Waals surface area contributed by atoms with Crippen LogP contribution in [0.5, 0.6) is 0 Å². The van der Waals surface area contributed by atoms with E-state index in [0.717, 1.165) is 47.0 Å². The highest BCUT2D eigenvalue weighted by Gasteiger charge is 2.78. The van der Waals surface area contributed by atoms with E-state index < -0.39 is 0 Å². The largest absolute Gasteiger partial charge is 1.00 e. The fourth-order valence-corrected chi connectivity index (χ4v) is 12.3. The first kappa shape index (κ1) is 30.6. The van der Waals surface area contributed by atoms with E-state index in [2.05, 4.69) is 62.5 Å². The Kier molecular flexibility index (Phi) is 8.15. The molecule has 7 rings (SSSR count). The number of ketones is 1. The van der Waals surface area contributed by atoms with E-state index in [4.69, 9.17) is 0 Å². The van der Waals surface area contributed by atoms with Crippen molar-refractivity contribution in [1.29, 1.82) is 0 Å². The zero-order valence-electron chi connectivity index (χ0n) is 26.9. The normalized spacial score (nSPS) is 40.4. The third kappa shape index (κ3) is 4.62. The van der Waals surface area contributed by atoms with Gasteiger partial charge in [-0.2, -0.15) is 0 Å². The Morgan fingerprint density at radius 1 is 1.00 bits per heavy atom. The molecular weight excluding hydrogens is 580 g/mol. The van der Waals surface area contributed by atoms with E-state index in [1.165, 1.54) is 70.6 Å². The number of fused-ring (bicyclic) bond motifs is 4. The molecule has 5 aliphatic rings. The lowest BCUT2D eigenvalue weighted by Crippen LogP contribution is -3.00. The second kappa shape index (κ2) is 11.2. The Morgan fingerprint density at radius 3 is 2.52 bits per heavy atom. The first-order valence-corrected chi connectivity index (χ1v) is 17.3.